The molecule has 1 aromatic carbocycles. The summed E-state index contributed by atoms with van der Waals surface area (Å²) in [5, 5.41) is 10.3. The van der Waals surface area contributed by atoms with Gasteiger partial charge in [-0.1, -0.05) is 37.3 Å². The van der Waals surface area contributed by atoms with E-state index in [1.54, 1.807) is 0 Å². The minimum absolute atomic E-state index is 0.122. The van der Waals surface area contributed by atoms with E-state index in [4.69, 9.17) is 14.2 Å². The van der Waals surface area contributed by atoms with Gasteiger partial charge in [0.1, 0.15) is 12.2 Å². The first-order valence-electron chi connectivity index (χ1n) is 7.87. The van der Waals surface area contributed by atoms with E-state index in [1.165, 1.54) is 5.56 Å². The van der Waals surface area contributed by atoms with Crippen LogP contribution in [0.3, 0.4) is 0 Å². The second kappa shape index (κ2) is 8.49. The third-order valence-electron chi connectivity index (χ3n) is 3.70. The molecule has 21 heavy (non-hydrogen) atoms. The van der Waals surface area contributed by atoms with Crippen molar-refractivity contribution in [2.45, 2.75) is 57.7 Å². The van der Waals surface area contributed by atoms with Gasteiger partial charge in [-0.05, 0) is 31.7 Å². The minimum Gasteiger partial charge on any atom is -0.385 e. The standard InChI is InChI=1S/C17H26O4/c1-3-12-20-16-14(21-17(15(16)18)19-4-2)11-10-13-8-6-5-7-9-13/h5-9,14-18H,3-4,10-12H2,1-2H3/t14-,15-,16+,17?/m1/s1. The van der Waals surface area contributed by atoms with Gasteiger partial charge >= 0.3 is 0 Å². The Hall–Kier alpha value is -0.940. The average molecular weight is 294 g/mol. The van der Waals surface area contributed by atoms with Gasteiger partial charge < -0.3 is 19.3 Å². The summed E-state index contributed by atoms with van der Waals surface area (Å²) in [6.07, 6.45) is 0.944. The van der Waals surface area contributed by atoms with E-state index in [-0.39, 0.29) is 12.2 Å². The van der Waals surface area contributed by atoms with Gasteiger partial charge in [0, 0.05) is 13.2 Å². The smallest absolute Gasteiger partial charge is 0.186 e. The third-order valence-corrected chi connectivity index (χ3v) is 3.70. The predicted molar refractivity (Wildman–Crippen MR) is 81.1 cm³/mol. The van der Waals surface area contributed by atoms with Gasteiger partial charge in [0.05, 0.1) is 6.10 Å². The van der Waals surface area contributed by atoms with Crippen molar-refractivity contribution in [3.63, 3.8) is 0 Å². The van der Waals surface area contributed by atoms with E-state index >= 15 is 0 Å². The monoisotopic (exact) mass is 294 g/mol. The second-order valence-corrected chi connectivity index (χ2v) is 5.35. The summed E-state index contributed by atoms with van der Waals surface area (Å²) in [5.41, 5.74) is 1.27. The van der Waals surface area contributed by atoms with E-state index in [2.05, 4.69) is 19.1 Å². The molecule has 0 bridgehead atoms. The summed E-state index contributed by atoms with van der Waals surface area (Å²) < 4.78 is 17.1. The number of hydrogen-bond donors (Lipinski definition) is 1. The maximum Gasteiger partial charge on any atom is 0.186 e. The highest BCUT2D eigenvalue weighted by atomic mass is 16.7. The lowest BCUT2D eigenvalue weighted by molar-refractivity contribution is -0.163. The molecule has 1 aromatic rings. The van der Waals surface area contributed by atoms with Gasteiger partial charge in [-0.3, -0.25) is 0 Å². The summed E-state index contributed by atoms with van der Waals surface area (Å²) in [7, 11) is 0. The highest BCUT2D eigenvalue weighted by Crippen LogP contribution is 2.28. The molecular formula is C17H26O4. The van der Waals surface area contributed by atoms with Crippen LogP contribution in [0.2, 0.25) is 0 Å². The quantitative estimate of drug-likeness (QED) is 0.800. The normalized spacial score (nSPS) is 28.9. The molecule has 4 heteroatoms. The van der Waals surface area contributed by atoms with Crippen molar-refractivity contribution in [1.29, 1.82) is 0 Å². The van der Waals surface area contributed by atoms with Gasteiger partial charge in [-0.15, -0.1) is 0 Å². The molecule has 0 spiro atoms. The second-order valence-electron chi connectivity index (χ2n) is 5.35. The Kier molecular flexibility index (Phi) is 6.64. The van der Waals surface area contributed by atoms with Crippen LogP contribution in [0.1, 0.15) is 32.3 Å². The Morgan fingerprint density at radius 1 is 1.14 bits per heavy atom. The summed E-state index contributed by atoms with van der Waals surface area (Å²) in [5.74, 6) is 0. The maximum atomic E-state index is 10.3. The van der Waals surface area contributed by atoms with Crippen molar-refractivity contribution < 1.29 is 19.3 Å². The van der Waals surface area contributed by atoms with Crippen LogP contribution in [0.25, 0.3) is 0 Å². The lowest BCUT2D eigenvalue weighted by atomic mass is 10.0. The van der Waals surface area contributed by atoms with E-state index in [9.17, 15) is 5.11 Å². The number of aryl methyl sites for hydroxylation is 1. The molecule has 4 nitrogen and oxygen atoms in total. The van der Waals surface area contributed by atoms with Crippen LogP contribution in [0, 0.1) is 0 Å². The van der Waals surface area contributed by atoms with Crippen LogP contribution in [0.5, 0.6) is 0 Å². The zero-order valence-corrected chi connectivity index (χ0v) is 12.9. The lowest BCUT2D eigenvalue weighted by Gasteiger charge is -2.20. The molecule has 1 fully saturated rings. The summed E-state index contributed by atoms with van der Waals surface area (Å²) in [6.45, 7) is 5.11. The van der Waals surface area contributed by atoms with Crippen LogP contribution in [0.15, 0.2) is 30.3 Å². The highest BCUT2D eigenvalue weighted by Gasteiger charge is 2.44. The van der Waals surface area contributed by atoms with E-state index in [0.29, 0.717) is 13.2 Å². The first-order chi connectivity index (χ1) is 10.3. The highest BCUT2D eigenvalue weighted by molar-refractivity contribution is 5.15. The molecule has 0 aliphatic carbocycles. The van der Waals surface area contributed by atoms with Crippen molar-refractivity contribution in [2.24, 2.45) is 0 Å². The van der Waals surface area contributed by atoms with Crippen LogP contribution >= 0.6 is 0 Å². The fraction of sp³-hybridized carbons (Fsp3) is 0.647. The number of aliphatic hydroxyl groups is 1. The first-order valence-corrected chi connectivity index (χ1v) is 7.87. The fourth-order valence-corrected chi connectivity index (χ4v) is 2.65. The number of hydrogen-bond acceptors (Lipinski definition) is 4. The van der Waals surface area contributed by atoms with Gasteiger partial charge in [-0.25, -0.2) is 0 Å². The Morgan fingerprint density at radius 3 is 2.57 bits per heavy atom. The molecule has 1 N–H and O–H groups in total. The number of aliphatic hydroxyl groups excluding tert-OH is 1. The molecule has 1 aliphatic rings. The molecule has 0 aromatic heterocycles. The van der Waals surface area contributed by atoms with Crippen LogP contribution in [-0.4, -0.2) is 42.9 Å². The van der Waals surface area contributed by atoms with Crippen molar-refractivity contribution in [1.82, 2.24) is 0 Å². The molecule has 0 saturated carbocycles. The average Bonchev–Trinajstić information content (AvgIpc) is 2.80. The molecule has 1 saturated heterocycles. The molecule has 0 amide bonds. The van der Waals surface area contributed by atoms with Gasteiger partial charge in [-0.2, -0.15) is 0 Å². The topological polar surface area (TPSA) is 47.9 Å². The largest absolute Gasteiger partial charge is 0.385 e. The minimum atomic E-state index is -0.711. The third kappa shape index (κ3) is 4.51. The van der Waals surface area contributed by atoms with Crippen molar-refractivity contribution >= 4 is 0 Å². The van der Waals surface area contributed by atoms with Gasteiger partial charge in [0.15, 0.2) is 6.29 Å². The molecule has 1 aliphatic heterocycles. The number of benzene rings is 1. The van der Waals surface area contributed by atoms with Crippen LogP contribution in [0.4, 0.5) is 0 Å². The maximum absolute atomic E-state index is 10.3. The molecule has 1 unspecified atom stereocenters. The summed E-state index contributed by atoms with van der Waals surface area (Å²) in [4.78, 5) is 0. The van der Waals surface area contributed by atoms with Crippen molar-refractivity contribution in [3.05, 3.63) is 35.9 Å². The van der Waals surface area contributed by atoms with Crippen LogP contribution < -0.4 is 0 Å². The van der Waals surface area contributed by atoms with E-state index < -0.39 is 12.4 Å². The van der Waals surface area contributed by atoms with E-state index in [0.717, 1.165) is 19.3 Å². The molecule has 118 valence electrons. The van der Waals surface area contributed by atoms with Crippen molar-refractivity contribution in [2.75, 3.05) is 13.2 Å². The van der Waals surface area contributed by atoms with Crippen molar-refractivity contribution in [3.8, 4) is 0 Å². The Labute approximate surface area is 127 Å². The Balaban J connectivity index is 1.94. The molecular weight excluding hydrogens is 268 g/mol. The van der Waals surface area contributed by atoms with Crippen LogP contribution in [-0.2, 0) is 20.6 Å². The van der Waals surface area contributed by atoms with Gasteiger partial charge in [0.25, 0.3) is 0 Å². The summed E-state index contributed by atoms with van der Waals surface area (Å²) >= 11 is 0. The number of rotatable bonds is 8. The Bertz CT molecular complexity index is 395. The zero-order valence-electron chi connectivity index (χ0n) is 12.9. The molecule has 4 atom stereocenters. The molecule has 0 radical (unpaired) electrons. The number of ether oxygens (including phenoxy) is 3. The molecule has 2 rings (SSSR count). The SMILES string of the molecule is CCCO[C@H]1[C@@H](CCc2ccccc2)OC(OCC)[C@@H]1O. The molecule has 1 heterocycles. The predicted octanol–water partition coefficient (Wildman–Crippen LogP) is 2.54. The first kappa shape index (κ1) is 16.4. The fourth-order valence-electron chi connectivity index (χ4n) is 2.65. The Morgan fingerprint density at radius 2 is 1.90 bits per heavy atom. The zero-order chi connectivity index (χ0) is 15.1. The lowest BCUT2D eigenvalue weighted by Crippen LogP contribution is -2.36. The summed E-state index contributed by atoms with van der Waals surface area (Å²) in [6, 6.07) is 10.3. The van der Waals surface area contributed by atoms with E-state index in [1.807, 2.05) is 25.1 Å². The van der Waals surface area contributed by atoms with Gasteiger partial charge in [0.2, 0.25) is 0 Å².